The molecular formula is C15H23N3O2. The van der Waals surface area contributed by atoms with Crippen LogP contribution in [0.15, 0.2) is 12.1 Å². The smallest absolute Gasteiger partial charge is 0.251 e. The summed E-state index contributed by atoms with van der Waals surface area (Å²) < 4.78 is 5.46. The molecule has 1 atom stereocenters. The van der Waals surface area contributed by atoms with Crippen molar-refractivity contribution < 1.29 is 9.53 Å². The topological polar surface area (TPSA) is 77.2 Å². The van der Waals surface area contributed by atoms with E-state index in [1.807, 2.05) is 13.0 Å². The maximum atomic E-state index is 12.4. The van der Waals surface area contributed by atoms with Gasteiger partial charge in [-0.05, 0) is 38.3 Å². The average molecular weight is 277 g/mol. The quantitative estimate of drug-likeness (QED) is 0.881. The SMILES string of the molecule is CCCc1cc(C(=O)NC2(C)CCCOC2)cc(N)n1. The van der Waals surface area contributed by atoms with E-state index in [1.54, 1.807) is 6.07 Å². The highest BCUT2D eigenvalue weighted by molar-refractivity contribution is 5.95. The molecule has 1 unspecified atom stereocenters. The number of aryl methyl sites for hydroxylation is 1. The molecule has 1 aromatic heterocycles. The molecule has 0 aromatic carbocycles. The van der Waals surface area contributed by atoms with Gasteiger partial charge in [0.25, 0.3) is 5.91 Å². The number of nitrogens with two attached hydrogens (primary N) is 1. The Balaban J connectivity index is 2.12. The molecule has 1 aliphatic rings. The second kappa shape index (κ2) is 6.22. The van der Waals surface area contributed by atoms with Gasteiger partial charge >= 0.3 is 0 Å². The summed E-state index contributed by atoms with van der Waals surface area (Å²) in [6, 6.07) is 3.45. The average Bonchev–Trinajstić information content (AvgIpc) is 2.38. The zero-order chi connectivity index (χ0) is 14.6. The van der Waals surface area contributed by atoms with Crippen molar-refractivity contribution in [2.24, 2.45) is 0 Å². The fourth-order valence-corrected chi connectivity index (χ4v) is 2.51. The molecule has 1 fully saturated rings. The molecule has 20 heavy (non-hydrogen) atoms. The number of hydrogen-bond acceptors (Lipinski definition) is 4. The lowest BCUT2D eigenvalue weighted by Crippen LogP contribution is -2.51. The minimum Gasteiger partial charge on any atom is -0.384 e. The monoisotopic (exact) mass is 277 g/mol. The largest absolute Gasteiger partial charge is 0.384 e. The molecule has 2 heterocycles. The highest BCUT2D eigenvalue weighted by Crippen LogP contribution is 2.19. The van der Waals surface area contributed by atoms with Gasteiger partial charge in [0.05, 0.1) is 12.1 Å². The van der Waals surface area contributed by atoms with Gasteiger partial charge in [-0.3, -0.25) is 4.79 Å². The third kappa shape index (κ3) is 3.70. The Morgan fingerprint density at radius 1 is 1.55 bits per heavy atom. The van der Waals surface area contributed by atoms with E-state index in [9.17, 15) is 4.79 Å². The van der Waals surface area contributed by atoms with Crippen LogP contribution in [-0.4, -0.2) is 29.6 Å². The summed E-state index contributed by atoms with van der Waals surface area (Å²) in [4.78, 5) is 16.6. The fourth-order valence-electron chi connectivity index (χ4n) is 2.51. The number of ether oxygens (including phenoxy) is 1. The van der Waals surface area contributed by atoms with Gasteiger partial charge in [-0.1, -0.05) is 13.3 Å². The van der Waals surface area contributed by atoms with Crippen molar-refractivity contribution >= 4 is 11.7 Å². The Bertz CT molecular complexity index is 482. The number of nitrogen functional groups attached to an aromatic ring is 1. The lowest BCUT2D eigenvalue weighted by molar-refractivity contribution is 0.0272. The zero-order valence-electron chi connectivity index (χ0n) is 12.2. The molecule has 5 nitrogen and oxygen atoms in total. The Morgan fingerprint density at radius 2 is 2.35 bits per heavy atom. The summed E-state index contributed by atoms with van der Waals surface area (Å²) in [5.41, 5.74) is 6.92. The third-order valence-corrected chi connectivity index (χ3v) is 3.52. The first-order valence-corrected chi connectivity index (χ1v) is 7.19. The molecule has 110 valence electrons. The molecule has 1 aliphatic heterocycles. The predicted molar refractivity (Wildman–Crippen MR) is 78.6 cm³/mol. The van der Waals surface area contributed by atoms with Crippen LogP contribution in [0.3, 0.4) is 0 Å². The third-order valence-electron chi connectivity index (χ3n) is 3.52. The predicted octanol–water partition coefficient (Wildman–Crippen LogP) is 1.92. The number of amides is 1. The normalized spacial score (nSPS) is 22.5. The van der Waals surface area contributed by atoms with Crippen LogP contribution in [0.2, 0.25) is 0 Å². The first-order chi connectivity index (χ1) is 9.52. The van der Waals surface area contributed by atoms with Crippen LogP contribution in [0.25, 0.3) is 0 Å². The summed E-state index contributed by atoms with van der Waals surface area (Å²) in [6.07, 6.45) is 3.70. The molecule has 3 N–H and O–H groups in total. The molecular weight excluding hydrogens is 254 g/mol. The molecule has 0 bridgehead atoms. The Kier molecular flexibility index (Phi) is 4.60. The van der Waals surface area contributed by atoms with Crippen LogP contribution in [-0.2, 0) is 11.2 Å². The first kappa shape index (κ1) is 14.8. The van der Waals surface area contributed by atoms with Crippen LogP contribution in [0, 0.1) is 0 Å². The van der Waals surface area contributed by atoms with E-state index in [-0.39, 0.29) is 11.4 Å². The van der Waals surface area contributed by atoms with E-state index in [0.29, 0.717) is 18.0 Å². The lowest BCUT2D eigenvalue weighted by atomic mass is 9.94. The summed E-state index contributed by atoms with van der Waals surface area (Å²) >= 11 is 0. The molecule has 1 amide bonds. The van der Waals surface area contributed by atoms with Crippen molar-refractivity contribution in [2.45, 2.75) is 45.1 Å². The van der Waals surface area contributed by atoms with Crippen molar-refractivity contribution in [3.8, 4) is 0 Å². The second-order valence-electron chi connectivity index (χ2n) is 5.69. The van der Waals surface area contributed by atoms with Gasteiger partial charge in [-0.2, -0.15) is 0 Å². The highest BCUT2D eigenvalue weighted by Gasteiger charge is 2.29. The number of pyridine rings is 1. The number of carbonyl (C=O) groups excluding carboxylic acids is 1. The number of anilines is 1. The van der Waals surface area contributed by atoms with Gasteiger partial charge in [0.1, 0.15) is 5.82 Å². The second-order valence-corrected chi connectivity index (χ2v) is 5.69. The standard InChI is InChI=1S/C15H23N3O2/c1-3-5-12-8-11(9-13(16)17-12)14(19)18-15(2)6-4-7-20-10-15/h8-9H,3-7,10H2,1-2H3,(H2,16,17)(H,18,19). The van der Waals surface area contributed by atoms with Crippen molar-refractivity contribution in [2.75, 3.05) is 18.9 Å². The zero-order valence-corrected chi connectivity index (χ0v) is 12.2. The Morgan fingerprint density at radius 3 is 3.00 bits per heavy atom. The fraction of sp³-hybridized carbons (Fsp3) is 0.600. The minimum atomic E-state index is -0.293. The molecule has 0 saturated carbocycles. The molecule has 1 aromatic rings. The molecule has 2 rings (SSSR count). The molecule has 0 radical (unpaired) electrons. The molecule has 1 saturated heterocycles. The maximum Gasteiger partial charge on any atom is 0.251 e. The van der Waals surface area contributed by atoms with Crippen LogP contribution >= 0.6 is 0 Å². The number of hydrogen-bond donors (Lipinski definition) is 2. The van der Waals surface area contributed by atoms with Crippen molar-refractivity contribution in [1.82, 2.24) is 10.3 Å². The highest BCUT2D eigenvalue weighted by atomic mass is 16.5. The number of carbonyl (C=O) groups is 1. The first-order valence-electron chi connectivity index (χ1n) is 7.19. The van der Waals surface area contributed by atoms with E-state index in [4.69, 9.17) is 10.5 Å². The van der Waals surface area contributed by atoms with Gasteiger partial charge in [0.15, 0.2) is 0 Å². The van der Waals surface area contributed by atoms with Gasteiger partial charge in [0.2, 0.25) is 0 Å². The van der Waals surface area contributed by atoms with Crippen LogP contribution in [0.5, 0.6) is 0 Å². The summed E-state index contributed by atoms with van der Waals surface area (Å²) in [5.74, 6) is 0.288. The molecule has 5 heteroatoms. The van der Waals surface area contributed by atoms with Crippen LogP contribution in [0.4, 0.5) is 5.82 Å². The van der Waals surface area contributed by atoms with Gasteiger partial charge in [-0.25, -0.2) is 4.98 Å². The van der Waals surface area contributed by atoms with E-state index in [2.05, 4.69) is 17.2 Å². The van der Waals surface area contributed by atoms with Crippen molar-refractivity contribution in [3.63, 3.8) is 0 Å². The minimum absolute atomic E-state index is 0.107. The van der Waals surface area contributed by atoms with E-state index >= 15 is 0 Å². The summed E-state index contributed by atoms with van der Waals surface area (Å²) in [5, 5.41) is 3.06. The van der Waals surface area contributed by atoms with E-state index in [1.165, 1.54) is 0 Å². The Hall–Kier alpha value is -1.62. The maximum absolute atomic E-state index is 12.4. The van der Waals surface area contributed by atoms with Gasteiger partial charge < -0.3 is 15.8 Å². The van der Waals surface area contributed by atoms with E-state index < -0.39 is 0 Å². The van der Waals surface area contributed by atoms with E-state index in [0.717, 1.165) is 38.0 Å². The summed E-state index contributed by atoms with van der Waals surface area (Å²) in [6.45, 7) is 5.42. The van der Waals surface area contributed by atoms with Gasteiger partial charge in [-0.15, -0.1) is 0 Å². The van der Waals surface area contributed by atoms with Gasteiger partial charge in [0, 0.05) is 17.9 Å². The van der Waals surface area contributed by atoms with Crippen molar-refractivity contribution in [3.05, 3.63) is 23.4 Å². The van der Waals surface area contributed by atoms with Crippen LogP contribution < -0.4 is 11.1 Å². The molecule has 0 aliphatic carbocycles. The number of nitrogens with one attached hydrogen (secondary N) is 1. The van der Waals surface area contributed by atoms with Crippen molar-refractivity contribution in [1.29, 1.82) is 0 Å². The molecule has 0 spiro atoms. The number of rotatable bonds is 4. The number of nitrogens with zero attached hydrogens (tertiary/aromatic N) is 1. The number of aromatic nitrogens is 1. The Labute approximate surface area is 119 Å². The lowest BCUT2D eigenvalue weighted by Gasteiger charge is -2.34. The summed E-state index contributed by atoms with van der Waals surface area (Å²) in [7, 11) is 0. The van der Waals surface area contributed by atoms with Crippen LogP contribution in [0.1, 0.15) is 49.2 Å².